The lowest BCUT2D eigenvalue weighted by Crippen LogP contribution is -2.12. The summed E-state index contributed by atoms with van der Waals surface area (Å²) < 4.78 is 6.90. The van der Waals surface area contributed by atoms with Gasteiger partial charge in [0.15, 0.2) is 6.29 Å². The van der Waals surface area contributed by atoms with Crippen molar-refractivity contribution in [1.29, 1.82) is 0 Å². The summed E-state index contributed by atoms with van der Waals surface area (Å²) in [5.74, 6) is 1.45. The molecule has 0 radical (unpaired) electrons. The number of carbonyl (C=O) groups is 1. The molecule has 0 aliphatic carbocycles. The molecule has 0 fully saturated rings. The highest BCUT2D eigenvalue weighted by molar-refractivity contribution is 9.11. The van der Waals surface area contributed by atoms with Gasteiger partial charge in [0.2, 0.25) is 0 Å². The van der Waals surface area contributed by atoms with E-state index in [0.29, 0.717) is 10.8 Å². The van der Waals surface area contributed by atoms with Gasteiger partial charge in [-0.1, -0.05) is 65.2 Å². The minimum atomic E-state index is 0.632. The minimum absolute atomic E-state index is 0.632. The molecule has 0 bridgehead atoms. The third-order valence-electron chi connectivity index (χ3n) is 4.20. The van der Waals surface area contributed by atoms with Crippen LogP contribution in [0.25, 0.3) is 0 Å². The van der Waals surface area contributed by atoms with Crippen molar-refractivity contribution in [2.45, 2.75) is 78.1 Å². The molecule has 4 heteroatoms. The lowest BCUT2D eigenvalue weighted by atomic mass is 9.96. The van der Waals surface area contributed by atoms with Crippen LogP contribution in [0.3, 0.4) is 0 Å². The molecule has 0 saturated carbocycles. The summed E-state index contributed by atoms with van der Waals surface area (Å²) >= 11 is 4.92. The van der Waals surface area contributed by atoms with Gasteiger partial charge in [-0.15, -0.1) is 11.3 Å². The Hall–Kier alpha value is -0.350. The van der Waals surface area contributed by atoms with E-state index in [4.69, 9.17) is 4.74 Å². The number of carbonyl (C=O) groups excluding carboxylic acids is 1. The maximum Gasteiger partial charge on any atom is 0.160 e. The van der Waals surface area contributed by atoms with E-state index >= 15 is 0 Å². The Labute approximate surface area is 154 Å². The molecule has 0 aromatic carbocycles. The average Bonchev–Trinajstić information content (AvgIpc) is 2.92. The molecule has 0 saturated heterocycles. The quantitative estimate of drug-likeness (QED) is 0.241. The van der Waals surface area contributed by atoms with E-state index in [9.17, 15) is 4.79 Å². The molecule has 0 spiro atoms. The van der Waals surface area contributed by atoms with E-state index in [2.05, 4.69) is 29.8 Å². The lowest BCUT2D eigenvalue weighted by Gasteiger charge is -2.17. The number of halogens is 1. The molecule has 1 rings (SSSR count). The largest absolute Gasteiger partial charge is 0.491 e. The van der Waals surface area contributed by atoms with Crippen molar-refractivity contribution in [2.75, 3.05) is 6.61 Å². The molecule has 23 heavy (non-hydrogen) atoms. The van der Waals surface area contributed by atoms with Crippen molar-refractivity contribution in [2.24, 2.45) is 5.92 Å². The summed E-state index contributed by atoms with van der Waals surface area (Å²) in [5, 5.41) is 0. The van der Waals surface area contributed by atoms with Gasteiger partial charge in [-0.25, -0.2) is 0 Å². The topological polar surface area (TPSA) is 26.3 Å². The highest BCUT2D eigenvalue weighted by Gasteiger charge is 2.13. The summed E-state index contributed by atoms with van der Waals surface area (Å²) in [6, 6.07) is 1.84. The third-order valence-corrected chi connectivity index (χ3v) is 5.90. The predicted octanol–water partition coefficient (Wildman–Crippen LogP) is 7.26. The van der Waals surface area contributed by atoms with Crippen molar-refractivity contribution < 1.29 is 9.53 Å². The number of aldehydes is 1. The minimum Gasteiger partial charge on any atom is -0.491 e. The van der Waals surface area contributed by atoms with Crippen LogP contribution in [0.1, 0.15) is 87.7 Å². The first kappa shape index (κ1) is 20.7. The zero-order chi connectivity index (χ0) is 16.9. The zero-order valence-corrected chi connectivity index (χ0v) is 17.0. The predicted molar refractivity (Wildman–Crippen MR) is 104 cm³/mol. The summed E-state index contributed by atoms with van der Waals surface area (Å²) in [7, 11) is 0. The first-order valence-corrected chi connectivity index (χ1v) is 10.7. The number of hydrogen-bond donors (Lipinski definition) is 0. The van der Waals surface area contributed by atoms with Gasteiger partial charge in [0.1, 0.15) is 9.54 Å². The number of hydrogen-bond acceptors (Lipinski definition) is 3. The molecule has 2 nitrogen and oxygen atoms in total. The first-order valence-electron chi connectivity index (χ1n) is 9.08. The van der Waals surface area contributed by atoms with Crippen LogP contribution < -0.4 is 4.74 Å². The Kier molecular flexibility index (Phi) is 11.7. The van der Waals surface area contributed by atoms with E-state index in [0.717, 1.165) is 22.4 Å². The standard InChI is InChI=1S/C19H31BrO2S/c1-3-5-7-8-9-10-12-16(11-6-4-2)15-22-18-13-17(14-21)23-19(18)20/h13-14,16H,3-12,15H2,1-2H3. The van der Waals surface area contributed by atoms with Gasteiger partial charge in [-0.3, -0.25) is 4.79 Å². The maximum atomic E-state index is 10.8. The summed E-state index contributed by atoms with van der Waals surface area (Å²) in [6.45, 7) is 5.27. The van der Waals surface area contributed by atoms with Gasteiger partial charge in [-0.05, 0) is 34.7 Å². The maximum absolute atomic E-state index is 10.8. The molecular formula is C19H31BrO2S. The molecule has 0 amide bonds. The van der Waals surface area contributed by atoms with E-state index in [1.165, 1.54) is 75.5 Å². The molecule has 1 heterocycles. The molecule has 0 aliphatic heterocycles. The lowest BCUT2D eigenvalue weighted by molar-refractivity contribution is 0.112. The zero-order valence-electron chi connectivity index (χ0n) is 14.6. The van der Waals surface area contributed by atoms with E-state index in [1.807, 2.05) is 6.07 Å². The molecule has 1 aromatic heterocycles. The number of rotatable bonds is 14. The van der Waals surface area contributed by atoms with Crippen LogP contribution in [0, 0.1) is 5.92 Å². The Morgan fingerprint density at radius 3 is 2.39 bits per heavy atom. The molecular weight excluding hydrogens is 372 g/mol. The van der Waals surface area contributed by atoms with Gasteiger partial charge < -0.3 is 4.74 Å². The van der Waals surface area contributed by atoms with Crippen LogP contribution in [-0.2, 0) is 0 Å². The van der Waals surface area contributed by atoms with Crippen LogP contribution in [0.4, 0.5) is 0 Å². The Morgan fingerprint density at radius 2 is 1.74 bits per heavy atom. The second-order valence-corrected chi connectivity index (χ2v) is 8.68. The molecule has 1 unspecified atom stereocenters. The molecule has 1 aromatic rings. The summed E-state index contributed by atoms with van der Waals surface area (Å²) in [6.07, 6.45) is 14.0. The number of unbranched alkanes of at least 4 members (excludes halogenated alkanes) is 6. The van der Waals surface area contributed by atoms with Gasteiger partial charge in [-0.2, -0.15) is 0 Å². The second kappa shape index (κ2) is 13.0. The Bertz CT molecular complexity index is 431. The first-order chi connectivity index (χ1) is 11.2. The Balaban J connectivity index is 2.34. The van der Waals surface area contributed by atoms with Gasteiger partial charge in [0, 0.05) is 6.07 Å². The Morgan fingerprint density at radius 1 is 1.09 bits per heavy atom. The normalized spacial score (nSPS) is 12.3. The number of thiophene rings is 1. The fraction of sp³-hybridized carbons (Fsp3) is 0.737. The van der Waals surface area contributed by atoms with E-state index in [1.54, 1.807) is 0 Å². The highest BCUT2D eigenvalue weighted by Crippen LogP contribution is 2.34. The second-order valence-electron chi connectivity index (χ2n) is 6.28. The van der Waals surface area contributed by atoms with E-state index in [-0.39, 0.29) is 0 Å². The van der Waals surface area contributed by atoms with Crippen molar-refractivity contribution in [3.63, 3.8) is 0 Å². The van der Waals surface area contributed by atoms with Crippen LogP contribution in [0.5, 0.6) is 5.75 Å². The number of ether oxygens (including phenoxy) is 1. The van der Waals surface area contributed by atoms with Gasteiger partial charge >= 0.3 is 0 Å². The fourth-order valence-electron chi connectivity index (χ4n) is 2.75. The molecule has 1 atom stereocenters. The fourth-order valence-corrected chi connectivity index (χ4v) is 4.18. The van der Waals surface area contributed by atoms with Crippen molar-refractivity contribution in [1.82, 2.24) is 0 Å². The van der Waals surface area contributed by atoms with Crippen LogP contribution in [0.2, 0.25) is 0 Å². The van der Waals surface area contributed by atoms with Crippen LogP contribution in [0.15, 0.2) is 9.85 Å². The van der Waals surface area contributed by atoms with Crippen molar-refractivity contribution in [3.8, 4) is 5.75 Å². The SMILES string of the molecule is CCCCCCCCC(CCCC)COc1cc(C=O)sc1Br. The van der Waals surface area contributed by atoms with E-state index < -0.39 is 0 Å². The molecule has 132 valence electrons. The highest BCUT2D eigenvalue weighted by atomic mass is 79.9. The van der Waals surface area contributed by atoms with Crippen molar-refractivity contribution in [3.05, 3.63) is 14.7 Å². The smallest absolute Gasteiger partial charge is 0.160 e. The summed E-state index contributed by atoms with van der Waals surface area (Å²) in [5.41, 5.74) is 0. The van der Waals surface area contributed by atoms with Crippen LogP contribution in [-0.4, -0.2) is 12.9 Å². The summed E-state index contributed by atoms with van der Waals surface area (Å²) in [4.78, 5) is 11.6. The average molecular weight is 403 g/mol. The van der Waals surface area contributed by atoms with Gasteiger partial charge in [0.25, 0.3) is 0 Å². The van der Waals surface area contributed by atoms with Crippen molar-refractivity contribution >= 4 is 33.6 Å². The van der Waals surface area contributed by atoms with Crippen LogP contribution >= 0.6 is 27.3 Å². The monoisotopic (exact) mass is 402 g/mol. The molecule has 0 N–H and O–H groups in total. The third kappa shape index (κ3) is 8.90. The van der Waals surface area contributed by atoms with Gasteiger partial charge in [0.05, 0.1) is 11.5 Å². The molecule has 0 aliphatic rings.